The van der Waals surface area contributed by atoms with E-state index < -0.39 is 0 Å². The summed E-state index contributed by atoms with van der Waals surface area (Å²) in [5.74, 6) is -0.151. The van der Waals surface area contributed by atoms with Crippen LogP contribution in [0, 0.1) is 0 Å². The molecule has 2 aromatic heterocycles. The standard InChI is InChI=1S/C6H6N2O2/c9-6-3-4-5(8(6)10)1-2-7-4/h1-3,7,9-10H. The van der Waals surface area contributed by atoms with Gasteiger partial charge in [0.25, 0.3) is 0 Å². The molecule has 4 heteroatoms. The Bertz CT molecular complexity index is 361. The fraction of sp³-hybridized carbons (Fsp3) is 0. The lowest BCUT2D eigenvalue weighted by Gasteiger charge is -1.90. The summed E-state index contributed by atoms with van der Waals surface area (Å²) in [4.78, 5) is 2.84. The van der Waals surface area contributed by atoms with Crippen molar-refractivity contribution in [1.29, 1.82) is 0 Å². The van der Waals surface area contributed by atoms with Crippen LogP contribution in [-0.2, 0) is 0 Å². The van der Waals surface area contributed by atoms with Crippen LogP contribution >= 0.6 is 0 Å². The van der Waals surface area contributed by atoms with E-state index in [0.717, 1.165) is 10.2 Å². The molecule has 0 fully saturated rings. The molecule has 2 rings (SSSR count). The van der Waals surface area contributed by atoms with Crippen molar-refractivity contribution in [2.45, 2.75) is 0 Å². The summed E-state index contributed by atoms with van der Waals surface area (Å²) < 4.78 is 0.728. The van der Waals surface area contributed by atoms with E-state index in [1.165, 1.54) is 6.07 Å². The summed E-state index contributed by atoms with van der Waals surface area (Å²) >= 11 is 0. The van der Waals surface area contributed by atoms with E-state index in [4.69, 9.17) is 10.3 Å². The fourth-order valence-corrected chi connectivity index (χ4v) is 0.988. The molecule has 10 heavy (non-hydrogen) atoms. The van der Waals surface area contributed by atoms with Crippen LogP contribution in [0.4, 0.5) is 0 Å². The first-order chi connectivity index (χ1) is 4.79. The van der Waals surface area contributed by atoms with Gasteiger partial charge in [-0.2, -0.15) is 4.73 Å². The van der Waals surface area contributed by atoms with Crippen LogP contribution in [0.3, 0.4) is 0 Å². The van der Waals surface area contributed by atoms with Crippen LogP contribution < -0.4 is 0 Å². The van der Waals surface area contributed by atoms with Crippen LogP contribution in [0.15, 0.2) is 18.3 Å². The zero-order valence-electron chi connectivity index (χ0n) is 5.07. The minimum Gasteiger partial charge on any atom is -0.492 e. The van der Waals surface area contributed by atoms with E-state index in [2.05, 4.69) is 4.98 Å². The molecule has 0 unspecified atom stereocenters. The third-order valence-electron chi connectivity index (χ3n) is 1.47. The van der Waals surface area contributed by atoms with Gasteiger partial charge in [-0.25, -0.2) is 0 Å². The third kappa shape index (κ3) is 0.452. The lowest BCUT2D eigenvalue weighted by atomic mass is 10.5. The molecule has 0 aliphatic rings. The minimum atomic E-state index is -0.151. The molecule has 0 atom stereocenters. The zero-order chi connectivity index (χ0) is 7.14. The van der Waals surface area contributed by atoms with Gasteiger partial charge in [-0.15, -0.1) is 0 Å². The molecule has 0 amide bonds. The summed E-state index contributed by atoms with van der Waals surface area (Å²) in [6, 6.07) is 3.13. The quantitative estimate of drug-likeness (QED) is 0.474. The number of nitrogens with zero attached hydrogens (tertiary/aromatic N) is 1. The summed E-state index contributed by atoms with van der Waals surface area (Å²) in [6.07, 6.45) is 1.69. The fourth-order valence-electron chi connectivity index (χ4n) is 0.988. The lowest BCUT2D eigenvalue weighted by Crippen LogP contribution is -1.85. The van der Waals surface area contributed by atoms with Gasteiger partial charge in [0.05, 0.1) is 5.52 Å². The second-order valence-electron chi connectivity index (χ2n) is 2.09. The van der Waals surface area contributed by atoms with Crippen molar-refractivity contribution >= 4 is 11.0 Å². The average Bonchev–Trinajstić information content (AvgIpc) is 2.41. The van der Waals surface area contributed by atoms with Crippen LogP contribution in [0.1, 0.15) is 0 Å². The highest BCUT2D eigenvalue weighted by Gasteiger charge is 2.04. The minimum absolute atomic E-state index is 0.151. The Morgan fingerprint density at radius 2 is 2.30 bits per heavy atom. The van der Waals surface area contributed by atoms with Crippen LogP contribution in [-0.4, -0.2) is 20.0 Å². The smallest absolute Gasteiger partial charge is 0.227 e. The Kier molecular flexibility index (Phi) is 0.768. The van der Waals surface area contributed by atoms with Crippen molar-refractivity contribution < 1.29 is 10.3 Å². The SMILES string of the molecule is Oc1cc2[nH]ccc2n1O. The molecule has 0 saturated heterocycles. The summed E-state index contributed by atoms with van der Waals surface area (Å²) in [5, 5.41) is 18.0. The molecule has 3 N–H and O–H groups in total. The van der Waals surface area contributed by atoms with Crippen LogP contribution in [0.25, 0.3) is 11.0 Å². The highest BCUT2D eigenvalue weighted by Crippen LogP contribution is 2.20. The average molecular weight is 138 g/mol. The van der Waals surface area contributed by atoms with Crippen molar-refractivity contribution in [2.75, 3.05) is 0 Å². The first kappa shape index (κ1) is 5.22. The highest BCUT2D eigenvalue weighted by molar-refractivity contribution is 5.78. The lowest BCUT2D eigenvalue weighted by molar-refractivity contribution is 0.168. The Hall–Kier alpha value is -1.58. The van der Waals surface area contributed by atoms with E-state index >= 15 is 0 Å². The number of aromatic amines is 1. The van der Waals surface area contributed by atoms with Gasteiger partial charge in [-0.1, -0.05) is 0 Å². The molecular weight excluding hydrogens is 132 g/mol. The second-order valence-corrected chi connectivity index (χ2v) is 2.09. The van der Waals surface area contributed by atoms with Gasteiger partial charge in [-0.3, -0.25) is 0 Å². The van der Waals surface area contributed by atoms with E-state index in [1.54, 1.807) is 12.3 Å². The topological polar surface area (TPSA) is 61.2 Å². The molecule has 0 bridgehead atoms. The molecule has 4 nitrogen and oxygen atoms in total. The van der Waals surface area contributed by atoms with Gasteiger partial charge >= 0.3 is 0 Å². The number of rotatable bonds is 0. The first-order valence-corrected chi connectivity index (χ1v) is 2.86. The Balaban J connectivity index is 2.95. The van der Waals surface area contributed by atoms with Crippen molar-refractivity contribution in [2.24, 2.45) is 0 Å². The van der Waals surface area contributed by atoms with E-state index in [0.29, 0.717) is 5.52 Å². The number of fused-ring (bicyclic) bond motifs is 1. The van der Waals surface area contributed by atoms with Crippen molar-refractivity contribution in [3.05, 3.63) is 18.3 Å². The predicted octanol–water partition coefficient (Wildman–Crippen LogP) is 0.912. The van der Waals surface area contributed by atoms with Crippen LogP contribution in [0.5, 0.6) is 5.88 Å². The summed E-state index contributed by atoms with van der Waals surface area (Å²) in [5.41, 5.74) is 1.30. The second kappa shape index (κ2) is 1.47. The van der Waals surface area contributed by atoms with Gasteiger partial charge in [0.2, 0.25) is 5.88 Å². The third-order valence-corrected chi connectivity index (χ3v) is 1.47. The van der Waals surface area contributed by atoms with E-state index in [-0.39, 0.29) is 5.88 Å². The monoisotopic (exact) mass is 138 g/mol. The van der Waals surface area contributed by atoms with Crippen LogP contribution in [0.2, 0.25) is 0 Å². The number of aromatic nitrogens is 2. The van der Waals surface area contributed by atoms with E-state index in [1.807, 2.05) is 0 Å². The Morgan fingerprint density at radius 1 is 1.50 bits per heavy atom. The normalized spacial score (nSPS) is 10.8. The van der Waals surface area contributed by atoms with Crippen molar-refractivity contribution in [3.63, 3.8) is 0 Å². The first-order valence-electron chi connectivity index (χ1n) is 2.86. The molecule has 2 heterocycles. The maximum atomic E-state index is 9.03. The predicted molar refractivity (Wildman–Crippen MR) is 35.1 cm³/mol. The molecule has 2 aromatic rings. The number of H-pyrrole nitrogens is 1. The molecule has 0 aromatic carbocycles. The molecule has 0 aliphatic carbocycles. The number of aromatic hydroxyl groups is 1. The Morgan fingerprint density at radius 3 is 3.00 bits per heavy atom. The maximum Gasteiger partial charge on any atom is 0.227 e. The van der Waals surface area contributed by atoms with Crippen molar-refractivity contribution in [1.82, 2.24) is 9.71 Å². The van der Waals surface area contributed by atoms with E-state index in [9.17, 15) is 0 Å². The largest absolute Gasteiger partial charge is 0.492 e. The molecule has 0 spiro atoms. The molecular formula is C6H6N2O2. The highest BCUT2D eigenvalue weighted by atomic mass is 16.5. The zero-order valence-corrected chi connectivity index (χ0v) is 5.07. The van der Waals surface area contributed by atoms with Gasteiger partial charge in [-0.05, 0) is 6.07 Å². The van der Waals surface area contributed by atoms with Gasteiger partial charge in [0.1, 0.15) is 5.52 Å². The number of nitrogens with one attached hydrogen (secondary N) is 1. The van der Waals surface area contributed by atoms with Crippen molar-refractivity contribution in [3.8, 4) is 5.88 Å². The van der Waals surface area contributed by atoms with Gasteiger partial charge in [0.15, 0.2) is 0 Å². The molecule has 0 saturated carbocycles. The number of hydrogen-bond donors (Lipinski definition) is 3. The van der Waals surface area contributed by atoms with Gasteiger partial charge in [0, 0.05) is 12.3 Å². The maximum absolute atomic E-state index is 9.03. The number of hydrogen-bond acceptors (Lipinski definition) is 2. The molecule has 52 valence electrons. The molecule has 0 aliphatic heterocycles. The molecule has 0 radical (unpaired) electrons. The van der Waals surface area contributed by atoms with Gasteiger partial charge < -0.3 is 15.3 Å². The Labute approximate surface area is 56.3 Å². The summed E-state index contributed by atoms with van der Waals surface area (Å²) in [6.45, 7) is 0. The summed E-state index contributed by atoms with van der Waals surface area (Å²) in [7, 11) is 0.